The minimum absolute atomic E-state index is 0.0712. The molecule has 4 rings (SSSR count). The topological polar surface area (TPSA) is 35.6 Å². The molecule has 140 valence electrons. The summed E-state index contributed by atoms with van der Waals surface area (Å²) in [6, 6.07) is 15.0. The van der Waals surface area contributed by atoms with E-state index in [9.17, 15) is 4.79 Å². The van der Waals surface area contributed by atoms with Crippen molar-refractivity contribution in [2.24, 2.45) is 0 Å². The Morgan fingerprint density at radius 3 is 2.48 bits per heavy atom. The van der Waals surface area contributed by atoms with Gasteiger partial charge in [0, 0.05) is 30.9 Å². The molecule has 1 atom stereocenters. The first kappa shape index (κ1) is 17.7. The lowest BCUT2D eigenvalue weighted by Crippen LogP contribution is -2.58. The molecule has 0 spiro atoms. The first-order valence-corrected chi connectivity index (χ1v) is 9.41. The minimum Gasteiger partial charge on any atom is -0.378 e. The monoisotopic (exact) mass is 361 g/mol. The van der Waals surface area contributed by atoms with Gasteiger partial charge in [0.15, 0.2) is 0 Å². The van der Waals surface area contributed by atoms with E-state index in [-0.39, 0.29) is 11.3 Å². The Morgan fingerprint density at radius 2 is 1.81 bits per heavy atom. The lowest BCUT2D eigenvalue weighted by Gasteiger charge is -2.40. The summed E-state index contributed by atoms with van der Waals surface area (Å²) in [6.45, 7) is 6.95. The summed E-state index contributed by atoms with van der Waals surface area (Å²) >= 11 is 0. The molecule has 2 aliphatic rings. The Balaban J connectivity index is 1.76. The predicted molar refractivity (Wildman–Crippen MR) is 112 cm³/mol. The maximum Gasteiger partial charge on any atom is 0.241 e. The number of hydrogen-bond donors (Lipinski definition) is 1. The smallest absolute Gasteiger partial charge is 0.241 e. The highest BCUT2D eigenvalue weighted by atomic mass is 16.2. The summed E-state index contributed by atoms with van der Waals surface area (Å²) in [5.41, 5.74) is 5.20. The van der Waals surface area contributed by atoms with Gasteiger partial charge in [0.05, 0.1) is 6.54 Å². The van der Waals surface area contributed by atoms with E-state index < -0.39 is 5.66 Å². The number of aryl methyl sites for hydroxylation is 1. The van der Waals surface area contributed by atoms with Crippen molar-refractivity contribution < 1.29 is 4.79 Å². The van der Waals surface area contributed by atoms with Crippen LogP contribution in [0.4, 0.5) is 11.4 Å². The van der Waals surface area contributed by atoms with E-state index in [1.165, 1.54) is 16.8 Å². The van der Waals surface area contributed by atoms with E-state index in [1.54, 1.807) is 0 Å². The van der Waals surface area contributed by atoms with Crippen LogP contribution in [0.1, 0.15) is 30.5 Å². The van der Waals surface area contributed by atoms with Gasteiger partial charge >= 0.3 is 0 Å². The number of hydrogen-bond acceptors (Lipinski definition) is 3. The number of rotatable bonds is 3. The molecule has 2 aromatic rings. The summed E-state index contributed by atoms with van der Waals surface area (Å²) in [7, 11) is 4.08. The Labute approximate surface area is 161 Å². The molecule has 2 aliphatic heterocycles. The van der Waals surface area contributed by atoms with Gasteiger partial charge in [-0.15, -0.1) is 0 Å². The maximum atomic E-state index is 12.4. The molecule has 0 bridgehead atoms. The number of carbonyl (C=O) groups excluding carboxylic acids is 1. The lowest BCUT2D eigenvalue weighted by atomic mass is 9.75. The molecule has 1 saturated heterocycles. The van der Waals surface area contributed by atoms with E-state index in [0.717, 1.165) is 11.3 Å². The summed E-state index contributed by atoms with van der Waals surface area (Å²) in [6.07, 6.45) is 4.29. The van der Waals surface area contributed by atoms with Crippen LogP contribution in [0.2, 0.25) is 0 Å². The molecule has 0 aromatic heterocycles. The normalized spacial score (nSPS) is 22.7. The molecule has 1 N–H and O–H groups in total. The van der Waals surface area contributed by atoms with Crippen molar-refractivity contribution in [3.05, 3.63) is 65.2 Å². The quantitative estimate of drug-likeness (QED) is 0.905. The van der Waals surface area contributed by atoms with Crippen molar-refractivity contribution >= 4 is 23.4 Å². The van der Waals surface area contributed by atoms with Gasteiger partial charge in [0.25, 0.3) is 0 Å². The third-order valence-corrected chi connectivity index (χ3v) is 6.05. The van der Waals surface area contributed by atoms with E-state index in [2.05, 4.69) is 90.5 Å². The van der Waals surface area contributed by atoms with Gasteiger partial charge in [-0.25, -0.2) is 0 Å². The SMILES string of the molecule is Cc1ccc2c(c1)C(C)(C)[C@@]1(/C=C/c3ccc(N(C)C)cc3)NC(=O)CN21. The third-order valence-electron chi connectivity index (χ3n) is 6.05. The fraction of sp³-hybridized carbons (Fsp3) is 0.348. The van der Waals surface area contributed by atoms with Crippen molar-refractivity contribution in [2.45, 2.75) is 31.8 Å². The molecule has 27 heavy (non-hydrogen) atoms. The predicted octanol–water partition coefficient (Wildman–Crippen LogP) is 3.70. The number of carbonyl (C=O) groups is 1. The fourth-order valence-corrected chi connectivity index (χ4v) is 4.39. The Hall–Kier alpha value is -2.75. The van der Waals surface area contributed by atoms with Crippen LogP contribution < -0.4 is 15.1 Å². The highest BCUT2D eigenvalue weighted by Gasteiger charge is 2.59. The zero-order valence-electron chi connectivity index (χ0n) is 16.7. The minimum atomic E-state index is -0.541. The number of amides is 1. The molecule has 4 heteroatoms. The summed E-state index contributed by atoms with van der Waals surface area (Å²) < 4.78 is 0. The van der Waals surface area contributed by atoms with Crippen molar-refractivity contribution in [3.63, 3.8) is 0 Å². The summed E-state index contributed by atoms with van der Waals surface area (Å²) in [4.78, 5) is 16.7. The average molecular weight is 361 g/mol. The molecule has 0 radical (unpaired) electrons. The van der Waals surface area contributed by atoms with Crippen molar-refractivity contribution in [1.29, 1.82) is 0 Å². The molecule has 1 amide bonds. The first-order valence-electron chi connectivity index (χ1n) is 9.41. The van der Waals surface area contributed by atoms with Gasteiger partial charge in [-0.1, -0.05) is 49.8 Å². The number of benzene rings is 2. The first-order chi connectivity index (χ1) is 12.7. The molecule has 0 aliphatic carbocycles. The maximum absolute atomic E-state index is 12.4. The molecule has 2 heterocycles. The van der Waals surface area contributed by atoms with Crippen LogP contribution >= 0.6 is 0 Å². The highest BCUT2D eigenvalue weighted by molar-refractivity contribution is 5.91. The summed E-state index contributed by atoms with van der Waals surface area (Å²) in [5, 5.41) is 3.28. The van der Waals surface area contributed by atoms with Gasteiger partial charge in [-0.05, 0) is 42.3 Å². The van der Waals surface area contributed by atoms with Crippen LogP contribution in [0.25, 0.3) is 6.08 Å². The van der Waals surface area contributed by atoms with Crippen molar-refractivity contribution in [3.8, 4) is 0 Å². The largest absolute Gasteiger partial charge is 0.378 e. The van der Waals surface area contributed by atoms with Crippen LogP contribution in [0.3, 0.4) is 0 Å². The second-order valence-electron chi connectivity index (χ2n) is 8.37. The number of fused-ring (bicyclic) bond motifs is 3. The van der Waals surface area contributed by atoms with Gasteiger partial charge in [0.1, 0.15) is 5.66 Å². The second-order valence-corrected chi connectivity index (χ2v) is 8.37. The van der Waals surface area contributed by atoms with Crippen LogP contribution in [0.5, 0.6) is 0 Å². The van der Waals surface area contributed by atoms with Crippen molar-refractivity contribution in [1.82, 2.24) is 5.32 Å². The number of nitrogens with one attached hydrogen (secondary N) is 1. The van der Waals surface area contributed by atoms with Crippen LogP contribution in [0, 0.1) is 6.92 Å². The standard InChI is InChI=1S/C23H27N3O/c1-16-6-11-20-19(14-16)22(2,3)23(24-21(27)15-26(20)23)13-12-17-7-9-18(10-8-17)25(4)5/h6-14H,15H2,1-5H3,(H,24,27)/b13-12+/t23-/m0/s1. The zero-order chi connectivity index (χ0) is 19.4. The zero-order valence-corrected chi connectivity index (χ0v) is 16.7. The molecular weight excluding hydrogens is 334 g/mol. The Morgan fingerprint density at radius 1 is 1.11 bits per heavy atom. The number of nitrogens with zero attached hydrogens (tertiary/aromatic N) is 2. The van der Waals surface area contributed by atoms with E-state index in [1.807, 2.05) is 14.1 Å². The lowest BCUT2D eigenvalue weighted by molar-refractivity contribution is -0.118. The van der Waals surface area contributed by atoms with Crippen LogP contribution in [0.15, 0.2) is 48.5 Å². The van der Waals surface area contributed by atoms with Gasteiger partial charge in [-0.2, -0.15) is 0 Å². The summed E-state index contributed by atoms with van der Waals surface area (Å²) in [5.74, 6) is 0.0712. The van der Waals surface area contributed by atoms with Gasteiger partial charge in [0.2, 0.25) is 5.91 Å². The van der Waals surface area contributed by atoms with Gasteiger partial charge in [-0.3, -0.25) is 4.79 Å². The van der Waals surface area contributed by atoms with E-state index >= 15 is 0 Å². The molecule has 1 fully saturated rings. The molecule has 0 unspecified atom stereocenters. The third kappa shape index (κ3) is 2.54. The van der Waals surface area contributed by atoms with Crippen LogP contribution in [-0.4, -0.2) is 32.2 Å². The van der Waals surface area contributed by atoms with Crippen LogP contribution in [-0.2, 0) is 10.2 Å². The number of anilines is 2. The molecular formula is C23H27N3O. The fourth-order valence-electron chi connectivity index (χ4n) is 4.39. The Kier molecular flexibility index (Phi) is 3.84. The van der Waals surface area contributed by atoms with E-state index in [4.69, 9.17) is 0 Å². The second kappa shape index (κ2) is 5.88. The highest BCUT2D eigenvalue weighted by Crippen LogP contribution is 2.53. The Bertz CT molecular complexity index is 927. The average Bonchev–Trinajstić information content (AvgIpc) is 3.05. The van der Waals surface area contributed by atoms with Gasteiger partial charge < -0.3 is 15.1 Å². The molecule has 0 saturated carbocycles. The van der Waals surface area contributed by atoms with Crippen molar-refractivity contribution in [2.75, 3.05) is 30.4 Å². The molecule has 2 aromatic carbocycles. The molecule has 4 nitrogen and oxygen atoms in total. The van der Waals surface area contributed by atoms with E-state index in [0.29, 0.717) is 6.54 Å².